The van der Waals surface area contributed by atoms with E-state index >= 15 is 0 Å². The van der Waals surface area contributed by atoms with E-state index in [1.54, 1.807) is 12.1 Å². The van der Waals surface area contributed by atoms with Gasteiger partial charge in [-0.15, -0.1) is 0 Å². The van der Waals surface area contributed by atoms with Crippen molar-refractivity contribution in [2.75, 3.05) is 4.90 Å². The molecule has 2 N–H and O–H groups in total. The number of phenols is 2. The van der Waals surface area contributed by atoms with E-state index in [1.165, 1.54) is 28.8 Å². The second-order valence-electron chi connectivity index (χ2n) is 5.76. The number of anilines is 1. The van der Waals surface area contributed by atoms with Crippen molar-refractivity contribution in [3.63, 3.8) is 0 Å². The lowest BCUT2D eigenvalue weighted by atomic mass is 10.1. The number of phenolic OH excluding ortho intramolecular Hbond substituents is 2. The molecule has 1 heterocycles. The zero-order valence-corrected chi connectivity index (χ0v) is 15.1. The van der Waals surface area contributed by atoms with Crippen molar-refractivity contribution < 1.29 is 15.0 Å². The predicted octanol–water partition coefficient (Wildman–Crippen LogP) is 4.66. The Bertz CT molecular complexity index is 1090. The van der Waals surface area contributed by atoms with E-state index in [-0.39, 0.29) is 17.4 Å². The first kappa shape index (κ1) is 16.6. The topological polar surface area (TPSA) is 60.8 Å². The summed E-state index contributed by atoms with van der Waals surface area (Å²) in [6.07, 6.45) is 1.58. The molecular weight excluding hydrogens is 366 g/mol. The van der Waals surface area contributed by atoms with E-state index in [9.17, 15) is 15.0 Å². The van der Waals surface area contributed by atoms with Gasteiger partial charge in [0.2, 0.25) is 0 Å². The molecular formula is C20H13NO3S2. The number of benzene rings is 3. The van der Waals surface area contributed by atoms with Gasteiger partial charge in [0.05, 0.1) is 10.6 Å². The molecule has 1 saturated heterocycles. The molecule has 0 aromatic heterocycles. The molecule has 6 heteroatoms. The number of carbonyl (C=O) groups is 1. The number of thiocarbonyl (C=S) groups is 1. The number of aromatic hydroxyl groups is 2. The minimum absolute atomic E-state index is 0.0389. The van der Waals surface area contributed by atoms with Gasteiger partial charge in [-0.25, -0.2) is 0 Å². The molecule has 0 saturated carbocycles. The van der Waals surface area contributed by atoms with Crippen LogP contribution in [0.25, 0.3) is 16.8 Å². The lowest BCUT2D eigenvalue weighted by molar-refractivity contribution is -0.113. The van der Waals surface area contributed by atoms with E-state index in [0.717, 1.165) is 16.5 Å². The number of hydrogen-bond acceptors (Lipinski definition) is 5. The van der Waals surface area contributed by atoms with E-state index in [2.05, 4.69) is 0 Å². The largest absolute Gasteiger partial charge is 0.508 e. The summed E-state index contributed by atoms with van der Waals surface area (Å²) in [6, 6.07) is 17.8. The standard InChI is InChI=1S/C20H13NO3S2/c22-14-9-8-13(17(23)11-14)10-18-19(24)21(20(25)26-18)16-7-3-5-12-4-1-2-6-15(12)16/h1-11,22-23H/b18-10-. The summed E-state index contributed by atoms with van der Waals surface area (Å²) in [5, 5.41) is 21.3. The summed E-state index contributed by atoms with van der Waals surface area (Å²) < 4.78 is 0.441. The van der Waals surface area contributed by atoms with Crippen molar-refractivity contribution in [2.45, 2.75) is 0 Å². The zero-order chi connectivity index (χ0) is 18.3. The number of fused-ring (bicyclic) bond motifs is 1. The maximum absolute atomic E-state index is 13.0. The van der Waals surface area contributed by atoms with Crippen LogP contribution in [0.5, 0.6) is 11.5 Å². The molecule has 4 nitrogen and oxygen atoms in total. The predicted molar refractivity (Wildman–Crippen MR) is 109 cm³/mol. The van der Waals surface area contributed by atoms with E-state index < -0.39 is 0 Å². The van der Waals surface area contributed by atoms with Crippen LogP contribution in [0.3, 0.4) is 0 Å². The highest BCUT2D eigenvalue weighted by Crippen LogP contribution is 2.39. The Balaban J connectivity index is 1.77. The molecule has 0 radical (unpaired) electrons. The van der Waals surface area contributed by atoms with Gasteiger partial charge in [0.25, 0.3) is 5.91 Å². The van der Waals surface area contributed by atoms with Crippen LogP contribution < -0.4 is 4.90 Å². The first-order valence-corrected chi connectivity index (χ1v) is 9.05. The number of hydrogen-bond donors (Lipinski definition) is 2. The van der Waals surface area contributed by atoms with Crippen molar-refractivity contribution in [3.8, 4) is 11.5 Å². The van der Waals surface area contributed by atoms with Crippen LogP contribution in [0.4, 0.5) is 5.69 Å². The van der Waals surface area contributed by atoms with Crippen molar-refractivity contribution in [1.82, 2.24) is 0 Å². The van der Waals surface area contributed by atoms with Crippen LogP contribution in [0, 0.1) is 0 Å². The number of nitrogens with zero attached hydrogens (tertiary/aromatic N) is 1. The Morgan fingerprint density at radius 3 is 2.58 bits per heavy atom. The van der Waals surface area contributed by atoms with Gasteiger partial charge in [0.1, 0.15) is 11.5 Å². The highest BCUT2D eigenvalue weighted by molar-refractivity contribution is 8.27. The molecule has 1 amide bonds. The first-order valence-electron chi connectivity index (χ1n) is 7.82. The van der Waals surface area contributed by atoms with Gasteiger partial charge in [-0.05, 0) is 29.7 Å². The fraction of sp³-hybridized carbons (Fsp3) is 0. The Morgan fingerprint density at radius 2 is 1.77 bits per heavy atom. The quantitative estimate of drug-likeness (QED) is 0.501. The van der Waals surface area contributed by atoms with Crippen LogP contribution in [0.1, 0.15) is 5.56 Å². The molecule has 0 unspecified atom stereocenters. The molecule has 0 aliphatic carbocycles. The highest BCUT2D eigenvalue weighted by atomic mass is 32.2. The molecule has 0 atom stereocenters. The van der Waals surface area contributed by atoms with Crippen LogP contribution >= 0.6 is 24.0 Å². The Labute approximate surface area is 159 Å². The number of amides is 1. The minimum atomic E-state index is -0.233. The van der Waals surface area contributed by atoms with Gasteiger partial charge in [-0.1, -0.05) is 60.4 Å². The molecule has 3 aromatic rings. The third-order valence-electron chi connectivity index (χ3n) is 4.10. The Hall–Kier alpha value is -2.83. The third kappa shape index (κ3) is 2.83. The van der Waals surface area contributed by atoms with Crippen molar-refractivity contribution in [1.29, 1.82) is 0 Å². The molecule has 1 aliphatic rings. The highest BCUT2D eigenvalue weighted by Gasteiger charge is 2.34. The molecule has 1 fully saturated rings. The summed E-state index contributed by atoms with van der Waals surface area (Å²) >= 11 is 6.62. The lowest BCUT2D eigenvalue weighted by Crippen LogP contribution is -2.27. The van der Waals surface area contributed by atoms with E-state index in [4.69, 9.17) is 12.2 Å². The molecule has 0 spiro atoms. The SMILES string of the molecule is O=C1/C(=C/c2ccc(O)cc2O)SC(=S)N1c1cccc2ccccc12. The average Bonchev–Trinajstić information content (AvgIpc) is 2.90. The normalized spacial score (nSPS) is 16.0. The van der Waals surface area contributed by atoms with E-state index in [1.807, 2.05) is 42.5 Å². The number of thioether (sulfide) groups is 1. The zero-order valence-electron chi connectivity index (χ0n) is 13.4. The van der Waals surface area contributed by atoms with Crippen LogP contribution in [-0.4, -0.2) is 20.4 Å². The van der Waals surface area contributed by atoms with Crippen molar-refractivity contribution in [3.05, 3.63) is 71.1 Å². The Kier molecular flexibility index (Phi) is 4.14. The van der Waals surface area contributed by atoms with Gasteiger partial charge in [0.15, 0.2) is 4.32 Å². The maximum atomic E-state index is 13.0. The summed E-state index contributed by atoms with van der Waals surface area (Å²) in [7, 11) is 0. The van der Waals surface area contributed by atoms with Crippen LogP contribution in [0.2, 0.25) is 0 Å². The van der Waals surface area contributed by atoms with Gasteiger partial charge in [0, 0.05) is 17.0 Å². The monoisotopic (exact) mass is 379 g/mol. The van der Waals surface area contributed by atoms with Crippen LogP contribution in [-0.2, 0) is 4.79 Å². The molecule has 0 bridgehead atoms. The van der Waals surface area contributed by atoms with Gasteiger partial charge >= 0.3 is 0 Å². The lowest BCUT2D eigenvalue weighted by Gasteiger charge is -2.17. The van der Waals surface area contributed by atoms with E-state index in [0.29, 0.717) is 14.8 Å². The molecule has 3 aromatic carbocycles. The fourth-order valence-electron chi connectivity index (χ4n) is 2.87. The van der Waals surface area contributed by atoms with Gasteiger partial charge < -0.3 is 10.2 Å². The maximum Gasteiger partial charge on any atom is 0.270 e. The second-order valence-corrected chi connectivity index (χ2v) is 7.43. The van der Waals surface area contributed by atoms with Crippen molar-refractivity contribution >= 4 is 56.7 Å². The summed E-state index contributed by atoms with van der Waals surface area (Å²) in [6.45, 7) is 0. The molecule has 128 valence electrons. The minimum Gasteiger partial charge on any atom is -0.508 e. The van der Waals surface area contributed by atoms with Gasteiger partial charge in [-0.2, -0.15) is 0 Å². The first-order chi connectivity index (χ1) is 12.5. The molecule has 1 aliphatic heterocycles. The third-order valence-corrected chi connectivity index (χ3v) is 5.40. The summed E-state index contributed by atoms with van der Waals surface area (Å²) in [5.74, 6) is -0.368. The van der Waals surface area contributed by atoms with Crippen LogP contribution in [0.15, 0.2) is 65.6 Å². The fourth-order valence-corrected chi connectivity index (χ4v) is 4.15. The average molecular weight is 379 g/mol. The summed E-state index contributed by atoms with van der Waals surface area (Å²) in [5.41, 5.74) is 1.19. The molecule has 4 rings (SSSR count). The molecule has 26 heavy (non-hydrogen) atoms. The smallest absolute Gasteiger partial charge is 0.270 e. The Morgan fingerprint density at radius 1 is 1.00 bits per heavy atom. The van der Waals surface area contributed by atoms with Gasteiger partial charge in [-0.3, -0.25) is 9.69 Å². The number of carbonyl (C=O) groups excluding carboxylic acids is 1. The second kappa shape index (κ2) is 6.48. The van der Waals surface area contributed by atoms with Crippen molar-refractivity contribution in [2.24, 2.45) is 0 Å². The number of rotatable bonds is 2. The summed E-state index contributed by atoms with van der Waals surface area (Å²) in [4.78, 5) is 14.9.